The number of carbonyl (C=O) groups is 1. The van der Waals surface area contributed by atoms with Gasteiger partial charge in [-0.05, 0) is 56.1 Å². The number of halogens is 11. The van der Waals surface area contributed by atoms with Crippen molar-refractivity contribution in [2.45, 2.75) is 23.9 Å². The lowest BCUT2D eigenvalue weighted by Crippen LogP contribution is -2.59. The molecule has 204 valence electrons. The summed E-state index contributed by atoms with van der Waals surface area (Å²) in [6.45, 7) is 0. The second-order valence-corrected chi connectivity index (χ2v) is 9.02. The number of aromatic nitrogens is 3. The highest BCUT2D eigenvalue weighted by Gasteiger charge is 2.81. The predicted molar refractivity (Wildman–Crippen MR) is 118 cm³/mol. The lowest BCUT2D eigenvalue weighted by molar-refractivity contribution is -0.389. The molecule has 0 spiro atoms. The van der Waals surface area contributed by atoms with Crippen LogP contribution in [0.25, 0.3) is 11.4 Å². The van der Waals surface area contributed by atoms with Crippen molar-refractivity contribution in [3.05, 3.63) is 66.8 Å². The Bertz CT molecular complexity index is 1370. The Hall–Kier alpha value is -3.22. The Morgan fingerprint density at radius 2 is 1.53 bits per heavy atom. The van der Waals surface area contributed by atoms with Crippen LogP contribution in [0.5, 0.6) is 0 Å². The monoisotopic (exact) mass is 683 g/mol. The van der Waals surface area contributed by atoms with Crippen LogP contribution in [-0.2, 0) is 5.67 Å². The third-order valence-electron chi connectivity index (χ3n) is 4.97. The van der Waals surface area contributed by atoms with E-state index >= 15 is 0 Å². The second kappa shape index (κ2) is 9.83. The van der Waals surface area contributed by atoms with E-state index in [1.807, 2.05) is 0 Å². The number of hydrogen-bond donors (Lipinski definition) is 2. The average molecular weight is 685 g/mol. The number of H-pyrrole nitrogens is 1. The fourth-order valence-electron chi connectivity index (χ4n) is 3.15. The SMILES string of the molecule is O=C(Nc1c(Br)cc(C(F)(C(F)(F)F)C(F)(F)C(F)(F)F)cc1Br)c1ccc(-c2nc[nH]n2)c([N+](=O)[O-])c1. The Kier molecular flexibility index (Phi) is 7.59. The van der Waals surface area contributed by atoms with E-state index in [9.17, 15) is 54.4 Å². The maximum Gasteiger partial charge on any atom is 0.457 e. The number of benzene rings is 2. The molecule has 0 aliphatic carbocycles. The largest absolute Gasteiger partial charge is 0.457 e. The Morgan fingerprint density at radius 1 is 0.947 bits per heavy atom. The van der Waals surface area contributed by atoms with E-state index in [2.05, 4.69) is 52.4 Å². The van der Waals surface area contributed by atoms with Gasteiger partial charge in [0.2, 0.25) is 0 Å². The molecule has 0 bridgehead atoms. The molecule has 19 heteroatoms. The van der Waals surface area contributed by atoms with Gasteiger partial charge in [-0.2, -0.15) is 40.2 Å². The highest BCUT2D eigenvalue weighted by molar-refractivity contribution is 9.11. The van der Waals surface area contributed by atoms with Crippen molar-refractivity contribution in [2.24, 2.45) is 0 Å². The quantitative estimate of drug-likeness (QED) is 0.164. The molecule has 2 aromatic carbocycles. The number of nitro benzene ring substituents is 1. The van der Waals surface area contributed by atoms with Gasteiger partial charge in [0.15, 0.2) is 5.82 Å². The molecule has 0 aliphatic heterocycles. The van der Waals surface area contributed by atoms with E-state index in [1.165, 1.54) is 0 Å². The number of hydrogen-bond acceptors (Lipinski definition) is 5. The van der Waals surface area contributed by atoms with Crippen LogP contribution in [0.15, 0.2) is 45.6 Å². The van der Waals surface area contributed by atoms with E-state index < -0.39 is 60.7 Å². The summed E-state index contributed by atoms with van der Waals surface area (Å²) in [7, 11) is 0. The number of alkyl halides is 9. The fourth-order valence-corrected chi connectivity index (χ4v) is 4.53. The molecular weight excluding hydrogens is 677 g/mol. The van der Waals surface area contributed by atoms with Crippen LogP contribution in [0.4, 0.5) is 50.9 Å². The summed E-state index contributed by atoms with van der Waals surface area (Å²) in [4.78, 5) is 27.0. The molecule has 0 saturated carbocycles. The van der Waals surface area contributed by atoms with Gasteiger partial charge in [0.1, 0.15) is 6.33 Å². The summed E-state index contributed by atoms with van der Waals surface area (Å²) in [6, 6.07) is 2.98. The van der Waals surface area contributed by atoms with Gasteiger partial charge < -0.3 is 5.32 Å². The van der Waals surface area contributed by atoms with Crippen molar-refractivity contribution in [3.8, 4) is 11.4 Å². The van der Waals surface area contributed by atoms with Crippen molar-refractivity contribution in [2.75, 3.05) is 5.32 Å². The number of rotatable bonds is 6. The number of anilines is 1. The van der Waals surface area contributed by atoms with Gasteiger partial charge in [0, 0.05) is 26.1 Å². The molecule has 2 N–H and O–H groups in total. The van der Waals surface area contributed by atoms with Crippen LogP contribution in [0, 0.1) is 10.1 Å². The van der Waals surface area contributed by atoms with Gasteiger partial charge >= 0.3 is 23.9 Å². The maximum absolute atomic E-state index is 14.8. The van der Waals surface area contributed by atoms with Crippen LogP contribution >= 0.6 is 31.9 Å². The highest BCUT2D eigenvalue weighted by Crippen LogP contribution is 2.59. The molecule has 1 heterocycles. The zero-order chi connectivity index (χ0) is 28.8. The molecule has 1 aromatic heterocycles. The molecule has 38 heavy (non-hydrogen) atoms. The number of carbonyl (C=O) groups excluding carboxylic acids is 1. The number of aromatic amines is 1. The van der Waals surface area contributed by atoms with E-state index in [0.717, 1.165) is 24.5 Å². The van der Waals surface area contributed by atoms with Crippen molar-refractivity contribution < 1.29 is 49.2 Å². The number of nitrogens with one attached hydrogen (secondary N) is 2. The van der Waals surface area contributed by atoms with Crippen LogP contribution in [0.1, 0.15) is 15.9 Å². The normalized spacial score (nSPS) is 14.2. The van der Waals surface area contributed by atoms with Gasteiger partial charge in [-0.25, -0.2) is 9.37 Å². The fraction of sp³-hybridized carbons (Fsp3) is 0.211. The lowest BCUT2D eigenvalue weighted by Gasteiger charge is -2.36. The topological polar surface area (TPSA) is 114 Å². The van der Waals surface area contributed by atoms with Crippen LogP contribution in [-0.4, -0.2) is 44.3 Å². The maximum atomic E-state index is 14.8. The molecule has 0 radical (unpaired) electrons. The minimum atomic E-state index is -6.92. The summed E-state index contributed by atoms with van der Waals surface area (Å²) in [5.74, 6) is -8.10. The van der Waals surface area contributed by atoms with E-state index in [1.54, 1.807) is 0 Å². The molecule has 0 saturated heterocycles. The first-order valence-electron chi connectivity index (χ1n) is 9.48. The molecule has 1 atom stereocenters. The lowest BCUT2D eigenvalue weighted by atomic mass is 9.87. The number of amides is 1. The Labute approximate surface area is 221 Å². The molecule has 3 rings (SSSR count). The number of nitrogens with zero attached hydrogens (tertiary/aromatic N) is 3. The summed E-state index contributed by atoms with van der Waals surface area (Å²) in [6.07, 6.45) is -12.5. The zero-order valence-electron chi connectivity index (χ0n) is 17.7. The first-order valence-corrected chi connectivity index (χ1v) is 11.1. The minimum Gasteiger partial charge on any atom is -0.320 e. The Morgan fingerprint density at radius 3 is 1.97 bits per heavy atom. The van der Waals surface area contributed by atoms with Gasteiger partial charge in [0.05, 0.1) is 16.2 Å². The first kappa shape index (κ1) is 29.3. The molecule has 3 aromatic rings. The van der Waals surface area contributed by atoms with Crippen molar-refractivity contribution >= 4 is 49.1 Å². The number of nitro groups is 1. The van der Waals surface area contributed by atoms with E-state index in [-0.39, 0.29) is 29.1 Å². The molecule has 0 aliphatic rings. The smallest absolute Gasteiger partial charge is 0.320 e. The van der Waals surface area contributed by atoms with Crippen molar-refractivity contribution in [3.63, 3.8) is 0 Å². The van der Waals surface area contributed by atoms with Gasteiger partial charge in [-0.3, -0.25) is 20.0 Å². The summed E-state index contributed by atoms with van der Waals surface area (Å²) < 4.78 is 119. The van der Waals surface area contributed by atoms with Crippen LogP contribution in [0.2, 0.25) is 0 Å². The third kappa shape index (κ3) is 4.95. The van der Waals surface area contributed by atoms with E-state index in [4.69, 9.17) is 0 Å². The molecule has 1 amide bonds. The molecule has 1 unspecified atom stereocenters. The van der Waals surface area contributed by atoms with Crippen molar-refractivity contribution in [1.82, 2.24) is 15.2 Å². The first-order chi connectivity index (χ1) is 17.3. The van der Waals surface area contributed by atoms with Crippen LogP contribution < -0.4 is 5.32 Å². The summed E-state index contributed by atoms with van der Waals surface area (Å²) >= 11 is 5.24. The standard InChI is InChI=1S/C19H8Br2F9N5O3/c20-10-4-8(16(22,18(25,26)27)17(23,24)19(28,29)30)5-11(21)13(10)33-15(36)7-1-2-9(12(3-7)35(37)38)14-31-6-32-34-14/h1-6H,(H,33,36)(H,31,32,34). The highest BCUT2D eigenvalue weighted by atomic mass is 79.9. The zero-order valence-corrected chi connectivity index (χ0v) is 20.9. The summed E-state index contributed by atoms with van der Waals surface area (Å²) in [5, 5.41) is 19.6. The Balaban J connectivity index is 2.04. The molecular formula is C19H8Br2F9N5O3. The second-order valence-electron chi connectivity index (χ2n) is 7.31. The van der Waals surface area contributed by atoms with Crippen molar-refractivity contribution in [1.29, 1.82) is 0 Å². The van der Waals surface area contributed by atoms with E-state index in [0.29, 0.717) is 0 Å². The average Bonchev–Trinajstić information content (AvgIpc) is 3.33. The van der Waals surface area contributed by atoms with Gasteiger partial charge in [-0.1, -0.05) is 0 Å². The van der Waals surface area contributed by atoms with Crippen LogP contribution in [0.3, 0.4) is 0 Å². The third-order valence-corrected chi connectivity index (χ3v) is 6.22. The summed E-state index contributed by atoms with van der Waals surface area (Å²) in [5.41, 5.74) is -9.93. The minimum absolute atomic E-state index is 0.0116. The predicted octanol–water partition coefficient (Wildman–Crippen LogP) is 7.08. The molecule has 8 nitrogen and oxygen atoms in total. The van der Waals surface area contributed by atoms with Gasteiger partial charge in [-0.15, -0.1) is 0 Å². The molecule has 0 fully saturated rings. The van der Waals surface area contributed by atoms with Gasteiger partial charge in [0.25, 0.3) is 11.6 Å².